The average molecular weight is 263 g/mol. The molecule has 1 heterocycles. The van der Waals surface area contributed by atoms with E-state index in [0.29, 0.717) is 6.54 Å². The Bertz CT molecular complexity index is 316. The number of ether oxygens (including phenoxy) is 1. The maximum Gasteiger partial charge on any atom is 0.377 e. The summed E-state index contributed by atoms with van der Waals surface area (Å²) >= 11 is 0. The van der Waals surface area contributed by atoms with Crippen LogP contribution in [-0.2, 0) is 9.53 Å². The van der Waals surface area contributed by atoms with Gasteiger partial charge in [0.15, 0.2) is 0 Å². The molecule has 0 amide bonds. The lowest BCUT2D eigenvalue weighted by Crippen LogP contribution is -2.44. The molecular weight excluding hydrogens is 244 g/mol. The second kappa shape index (κ2) is 5.09. The molecule has 2 N–H and O–H groups in total. The molecule has 2 aliphatic rings. The van der Waals surface area contributed by atoms with Gasteiger partial charge in [0.25, 0.3) is 0 Å². The van der Waals surface area contributed by atoms with Gasteiger partial charge in [0.2, 0.25) is 0 Å². The van der Waals surface area contributed by atoms with Crippen molar-refractivity contribution in [2.24, 2.45) is 0 Å². The largest absolute Gasteiger partial charge is 0.456 e. The molecule has 1 saturated heterocycles. The molecule has 0 aromatic carbocycles. The third-order valence-electron chi connectivity index (χ3n) is 3.67. The monoisotopic (exact) mass is 263 g/mol. The van der Waals surface area contributed by atoms with Crippen molar-refractivity contribution < 1.29 is 23.4 Å². The number of carbonyl (C=O) groups excluding carboxylic acids is 1. The highest BCUT2D eigenvalue weighted by atomic mass is 19.3. The van der Waals surface area contributed by atoms with Gasteiger partial charge in [0.1, 0.15) is 6.10 Å². The van der Waals surface area contributed by atoms with Gasteiger partial charge >= 0.3 is 11.9 Å². The van der Waals surface area contributed by atoms with Crippen molar-refractivity contribution in [1.29, 1.82) is 0 Å². The zero-order valence-electron chi connectivity index (χ0n) is 10.3. The van der Waals surface area contributed by atoms with Crippen LogP contribution in [0.4, 0.5) is 8.78 Å². The number of alkyl halides is 2. The highest BCUT2D eigenvalue weighted by Gasteiger charge is 2.50. The third kappa shape index (κ3) is 3.17. The van der Waals surface area contributed by atoms with Crippen molar-refractivity contribution >= 4 is 5.97 Å². The van der Waals surface area contributed by atoms with Crippen LogP contribution < -0.4 is 5.32 Å². The SMILES string of the molecule is O=C1OC(CNCC2(O)CCCCC2)CC1(F)F. The Kier molecular flexibility index (Phi) is 3.87. The van der Waals surface area contributed by atoms with Gasteiger partial charge in [0, 0.05) is 13.1 Å². The summed E-state index contributed by atoms with van der Waals surface area (Å²) in [5.41, 5.74) is -0.733. The summed E-state index contributed by atoms with van der Waals surface area (Å²) in [7, 11) is 0. The maximum atomic E-state index is 12.9. The fraction of sp³-hybridized carbons (Fsp3) is 0.917. The summed E-state index contributed by atoms with van der Waals surface area (Å²) < 4.78 is 30.4. The second-order valence-electron chi connectivity index (χ2n) is 5.35. The lowest BCUT2D eigenvalue weighted by Gasteiger charge is -2.32. The molecule has 1 saturated carbocycles. The predicted molar refractivity (Wildman–Crippen MR) is 60.3 cm³/mol. The van der Waals surface area contributed by atoms with E-state index in [1.54, 1.807) is 0 Å². The van der Waals surface area contributed by atoms with Crippen molar-refractivity contribution in [3.8, 4) is 0 Å². The first kappa shape index (κ1) is 13.7. The van der Waals surface area contributed by atoms with Gasteiger partial charge in [-0.05, 0) is 12.8 Å². The minimum atomic E-state index is -3.35. The van der Waals surface area contributed by atoms with Gasteiger partial charge in [-0.25, -0.2) is 4.79 Å². The summed E-state index contributed by atoms with van der Waals surface area (Å²) in [6, 6.07) is 0. The molecule has 2 fully saturated rings. The molecule has 0 radical (unpaired) electrons. The fourth-order valence-corrected chi connectivity index (χ4v) is 2.61. The lowest BCUT2D eigenvalue weighted by atomic mass is 9.85. The first-order valence-electron chi connectivity index (χ1n) is 6.43. The van der Waals surface area contributed by atoms with Crippen molar-refractivity contribution in [1.82, 2.24) is 5.32 Å². The second-order valence-corrected chi connectivity index (χ2v) is 5.35. The van der Waals surface area contributed by atoms with Gasteiger partial charge < -0.3 is 15.2 Å². The summed E-state index contributed by atoms with van der Waals surface area (Å²) in [6.07, 6.45) is 3.23. The van der Waals surface area contributed by atoms with Crippen LogP contribution in [-0.4, -0.2) is 41.8 Å². The number of hydrogen-bond acceptors (Lipinski definition) is 4. The minimum absolute atomic E-state index is 0.170. The van der Waals surface area contributed by atoms with E-state index in [1.165, 1.54) is 0 Å². The number of esters is 1. The summed E-state index contributed by atoms with van der Waals surface area (Å²) in [5, 5.41) is 13.1. The molecule has 1 atom stereocenters. The molecule has 4 nitrogen and oxygen atoms in total. The minimum Gasteiger partial charge on any atom is -0.456 e. The van der Waals surface area contributed by atoms with Gasteiger partial charge in [0.05, 0.1) is 12.0 Å². The summed E-state index contributed by atoms with van der Waals surface area (Å²) in [6.45, 7) is 0.538. The number of hydrogen-bond donors (Lipinski definition) is 2. The first-order valence-corrected chi connectivity index (χ1v) is 6.43. The van der Waals surface area contributed by atoms with Crippen molar-refractivity contribution in [2.75, 3.05) is 13.1 Å². The topological polar surface area (TPSA) is 58.6 Å². The van der Waals surface area contributed by atoms with Crippen molar-refractivity contribution in [3.63, 3.8) is 0 Å². The zero-order valence-corrected chi connectivity index (χ0v) is 10.3. The Morgan fingerprint density at radius 3 is 2.56 bits per heavy atom. The highest BCUT2D eigenvalue weighted by molar-refractivity contribution is 5.79. The number of nitrogens with one attached hydrogen (secondary N) is 1. The van der Waals surface area contributed by atoms with E-state index in [0.717, 1.165) is 32.1 Å². The predicted octanol–water partition coefficient (Wildman–Crippen LogP) is 1.22. The molecule has 2 rings (SSSR count). The molecule has 0 bridgehead atoms. The van der Waals surface area contributed by atoms with E-state index < -0.39 is 30.0 Å². The van der Waals surface area contributed by atoms with Crippen LogP contribution in [0.2, 0.25) is 0 Å². The average Bonchev–Trinajstić information content (AvgIpc) is 2.53. The van der Waals surface area contributed by atoms with Crippen LogP contribution in [0.5, 0.6) is 0 Å². The lowest BCUT2D eigenvalue weighted by molar-refractivity contribution is -0.159. The van der Waals surface area contributed by atoms with Crippen LogP contribution in [0.25, 0.3) is 0 Å². The van der Waals surface area contributed by atoms with Gasteiger partial charge in [-0.1, -0.05) is 19.3 Å². The van der Waals surface area contributed by atoms with Crippen LogP contribution in [0, 0.1) is 0 Å². The summed E-state index contributed by atoms with van der Waals surface area (Å²) in [5.74, 6) is -4.79. The number of halogens is 2. The molecule has 0 spiro atoms. The first-order chi connectivity index (χ1) is 8.41. The quantitative estimate of drug-likeness (QED) is 0.749. The Hall–Kier alpha value is -0.750. The number of rotatable bonds is 4. The van der Waals surface area contributed by atoms with Crippen LogP contribution >= 0.6 is 0 Å². The van der Waals surface area contributed by atoms with Gasteiger partial charge in [-0.3, -0.25) is 0 Å². The van der Waals surface area contributed by atoms with Crippen LogP contribution in [0.15, 0.2) is 0 Å². The van der Waals surface area contributed by atoms with Crippen molar-refractivity contribution in [3.05, 3.63) is 0 Å². The molecule has 6 heteroatoms. The van der Waals surface area contributed by atoms with E-state index >= 15 is 0 Å². The molecule has 0 aromatic rings. The molecule has 0 aromatic heterocycles. The molecule has 104 valence electrons. The smallest absolute Gasteiger partial charge is 0.377 e. The standard InChI is InChI=1S/C12H19F2NO3/c13-12(14)6-9(18-10(12)16)7-15-8-11(17)4-2-1-3-5-11/h9,15,17H,1-8H2. The highest BCUT2D eigenvalue weighted by Crippen LogP contribution is 2.31. The molecule has 1 aliphatic carbocycles. The molecule has 1 aliphatic heterocycles. The molecular formula is C12H19F2NO3. The maximum absolute atomic E-state index is 12.9. The molecule has 1 unspecified atom stereocenters. The number of carbonyl (C=O) groups is 1. The van der Waals surface area contributed by atoms with Gasteiger partial charge in [-0.2, -0.15) is 8.78 Å². The van der Waals surface area contributed by atoms with E-state index in [4.69, 9.17) is 0 Å². The Morgan fingerprint density at radius 1 is 1.33 bits per heavy atom. The fourth-order valence-electron chi connectivity index (χ4n) is 2.61. The third-order valence-corrected chi connectivity index (χ3v) is 3.67. The van der Waals surface area contributed by atoms with E-state index in [1.807, 2.05) is 0 Å². The normalized spacial score (nSPS) is 30.2. The summed E-state index contributed by atoms with van der Waals surface area (Å²) in [4.78, 5) is 10.8. The van der Waals surface area contributed by atoms with E-state index in [9.17, 15) is 18.7 Å². The number of cyclic esters (lactones) is 1. The molecule has 18 heavy (non-hydrogen) atoms. The van der Waals surface area contributed by atoms with E-state index in [2.05, 4.69) is 10.1 Å². The van der Waals surface area contributed by atoms with Crippen molar-refractivity contribution in [2.45, 2.75) is 56.2 Å². The van der Waals surface area contributed by atoms with Gasteiger partial charge in [-0.15, -0.1) is 0 Å². The van der Waals surface area contributed by atoms with E-state index in [-0.39, 0.29) is 6.54 Å². The van der Waals surface area contributed by atoms with Crippen LogP contribution in [0.1, 0.15) is 38.5 Å². The van der Waals surface area contributed by atoms with Crippen LogP contribution in [0.3, 0.4) is 0 Å². The zero-order chi connectivity index (χ0) is 13.2. The Morgan fingerprint density at radius 2 is 2.00 bits per heavy atom. The Balaban J connectivity index is 1.71. The Labute approximate surface area is 105 Å². The number of aliphatic hydroxyl groups is 1.